The van der Waals surface area contributed by atoms with E-state index in [9.17, 15) is 27.9 Å². The van der Waals surface area contributed by atoms with Gasteiger partial charge in [-0.15, -0.1) is 0 Å². The fourth-order valence-electron chi connectivity index (χ4n) is 6.06. The van der Waals surface area contributed by atoms with E-state index in [-0.39, 0.29) is 18.2 Å². The van der Waals surface area contributed by atoms with E-state index in [2.05, 4.69) is 9.64 Å². The van der Waals surface area contributed by atoms with Gasteiger partial charge in [-0.3, -0.25) is 0 Å². The minimum Gasteiger partial charge on any atom is -0.493 e. The molecule has 34 heavy (non-hydrogen) atoms. The van der Waals surface area contributed by atoms with Gasteiger partial charge in [0.05, 0.1) is 18.1 Å². The normalized spacial score (nSPS) is 32.1. The molecule has 8 nitrogen and oxygen atoms in total. The number of rotatable bonds is 4. The second kappa shape index (κ2) is 7.35. The van der Waals surface area contributed by atoms with Gasteiger partial charge in [0.2, 0.25) is 0 Å². The number of esters is 2. The molecule has 1 aromatic rings. The second-order valence-electron chi connectivity index (χ2n) is 9.25. The lowest BCUT2D eigenvalue weighted by Gasteiger charge is -2.61. The summed E-state index contributed by atoms with van der Waals surface area (Å²) in [5.74, 6) is -2.64. The van der Waals surface area contributed by atoms with E-state index in [0.29, 0.717) is 30.9 Å². The second-order valence-corrected chi connectivity index (χ2v) is 9.25. The molecular formula is C23H24F3NO7. The largest absolute Gasteiger partial charge is 0.493 e. The Morgan fingerprint density at radius 2 is 2.06 bits per heavy atom. The van der Waals surface area contributed by atoms with Gasteiger partial charge in [0.15, 0.2) is 23.7 Å². The molecule has 5 rings (SSSR count). The molecule has 11 heteroatoms. The van der Waals surface area contributed by atoms with Crippen molar-refractivity contribution < 1.29 is 46.8 Å². The Bertz CT molecular complexity index is 1100. The minimum atomic E-state index is -5.23. The molecule has 2 heterocycles. The van der Waals surface area contributed by atoms with Gasteiger partial charge in [-0.25, -0.2) is 9.59 Å². The van der Waals surface area contributed by atoms with Gasteiger partial charge in [0.1, 0.15) is 5.76 Å². The molecule has 184 valence electrons. The molecule has 0 aromatic heterocycles. The lowest BCUT2D eigenvalue weighted by atomic mass is 9.50. The number of likely N-dealkylation sites (tertiary alicyclic amines) is 1. The molecule has 4 aliphatic rings. The highest BCUT2D eigenvalue weighted by atomic mass is 19.4. The van der Waals surface area contributed by atoms with E-state index >= 15 is 0 Å². The fourth-order valence-corrected chi connectivity index (χ4v) is 6.06. The van der Waals surface area contributed by atoms with Gasteiger partial charge >= 0.3 is 18.1 Å². The summed E-state index contributed by atoms with van der Waals surface area (Å²) in [5.41, 5.74) is -0.335. The Morgan fingerprint density at radius 3 is 2.74 bits per heavy atom. The Balaban J connectivity index is 1.52. The summed E-state index contributed by atoms with van der Waals surface area (Å²) in [7, 11) is 3.45. The molecule has 0 saturated carbocycles. The number of carbonyl (C=O) groups is 2. The van der Waals surface area contributed by atoms with E-state index in [1.807, 2.05) is 13.1 Å². The Kier molecular flexibility index (Phi) is 4.97. The molecule has 5 atom stereocenters. The number of alkyl halides is 3. The summed E-state index contributed by atoms with van der Waals surface area (Å²) in [4.78, 5) is 25.8. The SMILES string of the molecule is COc1ccc2c3c1O[C@H]1C(OC(=O)C(C)OC(=O)C(F)(F)F)=CC[C@@]4(O)C(C2)N(C)CC[C@]314. The standard InChI is InChI=1S/C23H24F3NO7/c1-11(32-20(29)23(24,25)26)19(28)33-14-6-7-22(30)15-10-12-4-5-13(31-3)17-16(12)21(22,18(14)34-17)8-9-27(15)2/h4-6,11,15,18,30H,7-10H2,1-3H3/t11?,15?,18-,21-,22+/m0/s1. The van der Waals surface area contributed by atoms with Crippen LogP contribution in [0.2, 0.25) is 0 Å². The monoisotopic (exact) mass is 483 g/mol. The van der Waals surface area contributed by atoms with E-state index in [4.69, 9.17) is 14.2 Å². The molecular weight excluding hydrogens is 459 g/mol. The van der Waals surface area contributed by atoms with Crippen LogP contribution in [-0.2, 0) is 30.9 Å². The molecule has 2 bridgehead atoms. The summed E-state index contributed by atoms with van der Waals surface area (Å²) in [6.45, 7) is 1.66. The third kappa shape index (κ3) is 2.92. The first-order valence-corrected chi connectivity index (χ1v) is 10.9. The maximum atomic E-state index is 12.6. The van der Waals surface area contributed by atoms with Crippen molar-refractivity contribution in [3.63, 3.8) is 0 Å². The van der Waals surface area contributed by atoms with E-state index in [1.54, 1.807) is 6.07 Å². The van der Waals surface area contributed by atoms with E-state index in [0.717, 1.165) is 18.1 Å². The number of hydrogen-bond donors (Lipinski definition) is 1. The highest BCUT2D eigenvalue weighted by molar-refractivity contribution is 5.82. The highest BCUT2D eigenvalue weighted by Gasteiger charge is 2.72. The first-order chi connectivity index (χ1) is 15.9. The van der Waals surface area contributed by atoms with Gasteiger partial charge in [0.25, 0.3) is 0 Å². The average molecular weight is 483 g/mol. The first kappa shape index (κ1) is 23.0. The van der Waals surface area contributed by atoms with E-state index < -0.39 is 41.3 Å². The van der Waals surface area contributed by atoms with Gasteiger partial charge in [-0.2, -0.15) is 13.2 Å². The van der Waals surface area contributed by atoms with Gasteiger partial charge in [-0.1, -0.05) is 6.07 Å². The number of halogens is 3. The van der Waals surface area contributed by atoms with Gasteiger partial charge in [0, 0.05) is 18.0 Å². The van der Waals surface area contributed by atoms with Crippen molar-refractivity contribution in [2.24, 2.45) is 0 Å². The topological polar surface area (TPSA) is 94.5 Å². The lowest BCUT2D eigenvalue weighted by molar-refractivity contribution is -0.207. The van der Waals surface area contributed by atoms with Crippen molar-refractivity contribution in [1.29, 1.82) is 0 Å². The number of hydrogen-bond acceptors (Lipinski definition) is 8. The molecule has 2 aliphatic heterocycles. The van der Waals surface area contributed by atoms with Crippen LogP contribution in [0.3, 0.4) is 0 Å². The molecule has 1 spiro atoms. The highest BCUT2D eigenvalue weighted by Crippen LogP contribution is 2.65. The number of ether oxygens (including phenoxy) is 4. The van der Waals surface area contributed by atoms with Crippen LogP contribution < -0.4 is 9.47 Å². The van der Waals surface area contributed by atoms with Crippen molar-refractivity contribution in [2.75, 3.05) is 20.7 Å². The van der Waals surface area contributed by atoms with E-state index in [1.165, 1.54) is 13.2 Å². The number of likely N-dealkylation sites (N-methyl/N-ethyl adjacent to an activating group) is 1. The molecule has 1 fully saturated rings. The Hall–Kier alpha value is -2.79. The molecule has 1 N–H and O–H groups in total. The molecule has 2 unspecified atom stereocenters. The summed E-state index contributed by atoms with van der Waals surface area (Å²) >= 11 is 0. The average Bonchev–Trinajstić information content (AvgIpc) is 3.13. The number of nitrogens with zero attached hydrogens (tertiary/aromatic N) is 1. The molecule has 1 saturated heterocycles. The maximum Gasteiger partial charge on any atom is 0.490 e. The van der Waals surface area contributed by atoms with Crippen molar-refractivity contribution in [3.05, 3.63) is 35.1 Å². The third-order valence-corrected chi connectivity index (χ3v) is 7.62. The van der Waals surface area contributed by atoms with Crippen molar-refractivity contribution in [2.45, 2.75) is 61.6 Å². The van der Waals surface area contributed by atoms with Crippen LogP contribution in [0.4, 0.5) is 13.2 Å². The maximum absolute atomic E-state index is 12.6. The molecule has 2 aliphatic carbocycles. The zero-order valence-corrected chi connectivity index (χ0v) is 18.8. The number of carbonyl (C=O) groups excluding carboxylic acids is 2. The first-order valence-electron chi connectivity index (χ1n) is 10.9. The Morgan fingerprint density at radius 1 is 1.32 bits per heavy atom. The number of aliphatic hydroxyl groups is 1. The fraction of sp³-hybridized carbons (Fsp3) is 0.565. The summed E-state index contributed by atoms with van der Waals surface area (Å²) in [6, 6.07) is 3.52. The van der Waals surface area contributed by atoms with Gasteiger partial charge < -0.3 is 29.0 Å². The van der Waals surface area contributed by atoms with Crippen molar-refractivity contribution in [1.82, 2.24) is 4.90 Å². The molecule has 0 amide bonds. The quantitative estimate of drug-likeness (QED) is 0.651. The van der Waals surface area contributed by atoms with Crippen LogP contribution in [-0.4, -0.2) is 72.7 Å². The summed E-state index contributed by atoms with van der Waals surface area (Å²) in [6.07, 6.45) is -5.14. The third-order valence-electron chi connectivity index (χ3n) is 7.62. The lowest BCUT2D eigenvalue weighted by Crippen LogP contribution is -2.74. The number of piperidine rings is 1. The van der Waals surface area contributed by atoms with Crippen LogP contribution in [0.25, 0.3) is 0 Å². The Labute approximate surface area is 193 Å². The summed E-state index contributed by atoms with van der Waals surface area (Å²) in [5, 5.41) is 12.1. The number of benzene rings is 1. The summed E-state index contributed by atoms with van der Waals surface area (Å²) < 4.78 is 59.0. The van der Waals surface area contributed by atoms with Crippen molar-refractivity contribution in [3.8, 4) is 11.5 Å². The van der Waals surface area contributed by atoms with Crippen LogP contribution in [0, 0.1) is 0 Å². The predicted molar refractivity (Wildman–Crippen MR) is 109 cm³/mol. The smallest absolute Gasteiger partial charge is 0.490 e. The van der Waals surface area contributed by atoms with Crippen LogP contribution in [0.1, 0.15) is 30.9 Å². The zero-order valence-electron chi connectivity index (χ0n) is 18.8. The van der Waals surface area contributed by atoms with Crippen LogP contribution in [0.15, 0.2) is 24.0 Å². The number of methoxy groups -OCH3 is 1. The molecule has 1 aromatic carbocycles. The predicted octanol–water partition coefficient (Wildman–Crippen LogP) is 2.01. The zero-order chi connectivity index (χ0) is 24.6. The molecule has 0 radical (unpaired) electrons. The van der Waals surface area contributed by atoms with Crippen LogP contribution >= 0.6 is 0 Å². The van der Waals surface area contributed by atoms with Crippen LogP contribution in [0.5, 0.6) is 11.5 Å². The minimum absolute atomic E-state index is 0.0685. The van der Waals surface area contributed by atoms with Crippen molar-refractivity contribution >= 4 is 11.9 Å². The van der Waals surface area contributed by atoms with Gasteiger partial charge in [-0.05, 0) is 51.1 Å².